The van der Waals surface area contributed by atoms with Crippen molar-refractivity contribution in [2.75, 3.05) is 0 Å². The summed E-state index contributed by atoms with van der Waals surface area (Å²) in [6.45, 7) is 2.76. The molecule has 1 aromatic rings. The summed E-state index contributed by atoms with van der Waals surface area (Å²) in [4.78, 5) is 23.9. The van der Waals surface area contributed by atoms with Crippen molar-refractivity contribution in [3.63, 3.8) is 0 Å². The fraction of sp³-hybridized carbons (Fsp3) is 0.500. The normalized spacial score (nSPS) is 34.2. The second-order valence-electron chi connectivity index (χ2n) is 10.8. The van der Waals surface area contributed by atoms with E-state index in [1.54, 1.807) is 30.3 Å². The van der Waals surface area contributed by atoms with Crippen molar-refractivity contribution in [1.29, 1.82) is 0 Å². The summed E-state index contributed by atoms with van der Waals surface area (Å²) in [5, 5.41) is 11.2. The minimum atomic E-state index is -5.92. The first-order chi connectivity index (χ1) is 16.7. The molecule has 3 nitrogen and oxygen atoms in total. The van der Waals surface area contributed by atoms with Gasteiger partial charge in [0, 0.05) is 23.3 Å². The third kappa shape index (κ3) is 3.32. The number of carbonyl (C=O) groups is 2. The van der Waals surface area contributed by atoms with E-state index in [0.29, 0.717) is 42.9 Å². The fourth-order valence-corrected chi connectivity index (χ4v) is 7.08. The first-order valence-corrected chi connectivity index (χ1v) is 12.1. The molecule has 1 fully saturated rings. The average molecular weight is 507 g/mol. The number of hydrogen-bond acceptors (Lipinski definition) is 3. The second kappa shape index (κ2) is 7.94. The second-order valence-corrected chi connectivity index (χ2v) is 10.8. The van der Waals surface area contributed by atoms with Gasteiger partial charge in [-0.15, -0.1) is 0 Å². The molecule has 5 atom stereocenters. The third-order valence-electron chi connectivity index (χ3n) is 8.96. The Hall–Kier alpha value is -2.61. The maximum atomic E-state index is 14.9. The van der Waals surface area contributed by atoms with Gasteiger partial charge in [0.05, 0.1) is 0 Å². The Labute approximate surface area is 205 Å². The zero-order chi connectivity index (χ0) is 26.3. The lowest BCUT2D eigenvalue weighted by molar-refractivity contribution is -0.352. The number of carbonyl (C=O) groups excluding carboxylic acids is 2. The number of aliphatic hydroxyl groups is 1. The van der Waals surface area contributed by atoms with E-state index < -0.39 is 35.0 Å². The van der Waals surface area contributed by atoms with Crippen LogP contribution in [0.2, 0.25) is 0 Å². The van der Waals surface area contributed by atoms with E-state index in [2.05, 4.69) is 0 Å². The van der Waals surface area contributed by atoms with Crippen LogP contribution in [0.5, 0.6) is 0 Å². The number of ketones is 2. The van der Waals surface area contributed by atoms with Crippen molar-refractivity contribution in [3.05, 3.63) is 70.3 Å². The molecule has 0 aliphatic heterocycles. The van der Waals surface area contributed by atoms with Gasteiger partial charge in [-0.2, -0.15) is 22.0 Å². The lowest BCUT2D eigenvalue weighted by atomic mass is 9.50. The molecule has 4 aliphatic carbocycles. The Morgan fingerprint density at radius 3 is 2.33 bits per heavy atom. The van der Waals surface area contributed by atoms with Crippen molar-refractivity contribution in [2.24, 2.45) is 17.3 Å². The Kier molecular flexibility index (Phi) is 5.53. The fourth-order valence-electron chi connectivity index (χ4n) is 7.08. The molecule has 0 bridgehead atoms. The summed E-state index contributed by atoms with van der Waals surface area (Å²) in [5.41, 5.74) is -1.20. The van der Waals surface area contributed by atoms with Crippen LogP contribution >= 0.6 is 0 Å². The zero-order valence-corrected chi connectivity index (χ0v) is 20.0. The monoisotopic (exact) mass is 506 g/mol. The molecule has 1 saturated carbocycles. The summed E-state index contributed by atoms with van der Waals surface area (Å²) >= 11 is 0. The van der Waals surface area contributed by atoms with Crippen molar-refractivity contribution >= 4 is 11.6 Å². The highest BCUT2D eigenvalue weighted by atomic mass is 19.4. The molecule has 36 heavy (non-hydrogen) atoms. The van der Waals surface area contributed by atoms with E-state index in [1.165, 1.54) is 19.9 Å². The Balaban J connectivity index is 1.69. The van der Waals surface area contributed by atoms with E-state index in [9.17, 15) is 36.6 Å². The van der Waals surface area contributed by atoms with Crippen LogP contribution in [0.15, 0.2) is 59.2 Å². The zero-order valence-electron chi connectivity index (χ0n) is 20.0. The number of rotatable bonds is 3. The number of benzene rings is 1. The quantitative estimate of drug-likeness (QED) is 0.290. The van der Waals surface area contributed by atoms with Gasteiger partial charge in [0.25, 0.3) is 0 Å². The van der Waals surface area contributed by atoms with E-state index >= 15 is 0 Å². The van der Waals surface area contributed by atoms with E-state index in [-0.39, 0.29) is 23.9 Å². The molecule has 0 aromatic heterocycles. The Morgan fingerprint density at radius 2 is 1.72 bits per heavy atom. The minimum Gasteiger partial charge on any atom is -0.378 e. The van der Waals surface area contributed by atoms with Gasteiger partial charge in [-0.3, -0.25) is 9.59 Å². The Bertz CT molecular complexity index is 1220. The largest absolute Gasteiger partial charge is 0.456 e. The summed E-state index contributed by atoms with van der Waals surface area (Å²) < 4.78 is 70.5. The van der Waals surface area contributed by atoms with Crippen LogP contribution in [0, 0.1) is 17.3 Å². The number of halogens is 5. The first kappa shape index (κ1) is 25.1. The molecule has 0 saturated heterocycles. The lowest BCUT2D eigenvalue weighted by Crippen LogP contribution is -2.65. The lowest BCUT2D eigenvalue weighted by Gasteiger charge is -2.56. The van der Waals surface area contributed by atoms with Crippen molar-refractivity contribution < 1.29 is 36.6 Å². The van der Waals surface area contributed by atoms with Gasteiger partial charge in [0.1, 0.15) is 0 Å². The van der Waals surface area contributed by atoms with Crippen molar-refractivity contribution in [1.82, 2.24) is 0 Å². The molecule has 0 radical (unpaired) electrons. The highest BCUT2D eigenvalue weighted by Gasteiger charge is 2.77. The number of allylic oxidation sites excluding steroid dienone is 5. The molecule has 0 spiro atoms. The molecule has 5 rings (SSSR count). The predicted molar refractivity (Wildman–Crippen MR) is 123 cm³/mol. The first-order valence-electron chi connectivity index (χ1n) is 12.1. The van der Waals surface area contributed by atoms with Crippen LogP contribution in [0.3, 0.4) is 0 Å². The summed E-state index contributed by atoms with van der Waals surface area (Å²) in [7, 11) is 0. The number of hydrogen-bond donors (Lipinski definition) is 1. The minimum absolute atomic E-state index is 0.0239. The van der Waals surface area contributed by atoms with Crippen LogP contribution in [-0.2, 0) is 4.79 Å². The topological polar surface area (TPSA) is 54.4 Å². The van der Waals surface area contributed by atoms with Crippen LogP contribution in [-0.4, -0.2) is 34.4 Å². The number of fused-ring (bicyclic) bond motifs is 4. The molecule has 4 aliphatic rings. The average Bonchev–Trinajstić information content (AvgIpc) is 3.09. The molecule has 0 heterocycles. The molecule has 8 heteroatoms. The highest BCUT2D eigenvalue weighted by molar-refractivity contribution is 5.94. The SMILES string of the molecule is CC(=O)c1ccc(C2C[C@@]3(C)[C@@H](C=CC3(O)C(F)(F)C(F)(F)F)[C@@H]3CCC4=CC(=O)CCC4=C23)cc1. The van der Waals surface area contributed by atoms with Gasteiger partial charge in [0.15, 0.2) is 17.2 Å². The molecule has 192 valence electrons. The van der Waals surface area contributed by atoms with Crippen molar-refractivity contribution in [2.45, 2.75) is 69.6 Å². The summed E-state index contributed by atoms with van der Waals surface area (Å²) in [5.74, 6) is -7.08. The van der Waals surface area contributed by atoms with Gasteiger partial charge in [-0.25, -0.2) is 0 Å². The molecule has 1 aromatic carbocycles. The summed E-state index contributed by atoms with van der Waals surface area (Å²) in [6.07, 6.45) is -0.584. The molecular weight excluding hydrogens is 479 g/mol. The standard InChI is InChI=1S/C28H27F5O3/c1-15(34)16-3-5-17(6-4-16)22-14-25(2)23(11-12-26(25,36)27(29,30)28(31,32)33)21-9-7-18-13-19(35)8-10-20(18)24(21)22/h3-6,11-13,21-23,36H,7-10,14H2,1-2H3/t21-,22?,23-,25-,26?/m0/s1. The van der Waals surface area contributed by atoms with Gasteiger partial charge >= 0.3 is 12.1 Å². The number of Topliss-reactive ketones (excluding diaryl/α,β-unsaturated/α-hetero) is 1. The molecule has 2 unspecified atom stereocenters. The van der Waals surface area contributed by atoms with Gasteiger partial charge in [0.2, 0.25) is 0 Å². The van der Waals surface area contributed by atoms with E-state index in [1.807, 2.05) is 0 Å². The third-order valence-corrected chi connectivity index (χ3v) is 8.96. The van der Waals surface area contributed by atoms with Crippen LogP contribution < -0.4 is 0 Å². The molecule has 0 amide bonds. The maximum Gasteiger partial charge on any atom is 0.456 e. The predicted octanol–water partition coefficient (Wildman–Crippen LogP) is 6.49. The maximum absolute atomic E-state index is 14.9. The van der Waals surface area contributed by atoms with Gasteiger partial charge in [-0.05, 0) is 73.3 Å². The molecular formula is C28H27F5O3. The van der Waals surface area contributed by atoms with E-state index in [4.69, 9.17) is 0 Å². The van der Waals surface area contributed by atoms with Gasteiger partial charge in [-0.1, -0.05) is 42.8 Å². The highest BCUT2D eigenvalue weighted by Crippen LogP contribution is 2.68. The smallest absolute Gasteiger partial charge is 0.378 e. The number of alkyl halides is 5. The van der Waals surface area contributed by atoms with Crippen LogP contribution in [0.1, 0.15) is 67.8 Å². The van der Waals surface area contributed by atoms with E-state index in [0.717, 1.165) is 16.7 Å². The van der Waals surface area contributed by atoms with Gasteiger partial charge < -0.3 is 5.11 Å². The Morgan fingerprint density at radius 1 is 1.06 bits per heavy atom. The van der Waals surface area contributed by atoms with Crippen LogP contribution in [0.25, 0.3) is 0 Å². The van der Waals surface area contributed by atoms with Crippen LogP contribution in [0.4, 0.5) is 22.0 Å². The molecule has 1 N–H and O–H groups in total. The van der Waals surface area contributed by atoms with Crippen molar-refractivity contribution in [3.8, 4) is 0 Å². The summed E-state index contributed by atoms with van der Waals surface area (Å²) in [6, 6.07) is 6.68.